The van der Waals surface area contributed by atoms with Crippen molar-refractivity contribution in [3.8, 4) is 28.2 Å². The van der Waals surface area contributed by atoms with E-state index < -0.39 is 23.9 Å². The standard InChI is InChI=1S/C40H48N4O12/c1-5-42(15-6-7-36(46)47)32-24-33(54-4)30(23-31(32)41(2)3)40-28-10-8-26(43(16-12-37(48)49)17-13-38(50)51)21-34(28)56-35-22-27(9-11-29(35)40)44(18-14-39(52)53)19-20-55-25-45/h8-11,21-25H,5-7,12-20H2,1-4H3,(H3-,46,47,48,49,50,51,52,53)/p+1. The maximum absolute atomic E-state index is 11.5. The molecule has 2 aromatic rings. The fraction of sp³-hybridized carbons (Fsp3) is 0.400. The Kier molecular flexibility index (Phi) is 15.0. The maximum Gasteiger partial charge on any atom is 0.309 e. The fourth-order valence-electron chi connectivity index (χ4n) is 6.60. The van der Waals surface area contributed by atoms with Crippen molar-refractivity contribution in [3.05, 3.63) is 53.9 Å². The lowest BCUT2D eigenvalue weighted by atomic mass is 9.92. The molecule has 56 heavy (non-hydrogen) atoms. The Morgan fingerprint density at radius 3 is 2.04 bits per heavy atom. The number of anilines is 3. The number of hydrogen-bond donors (Lipinski definition) is 4. The lowest BCUT2D eigenvalue weighted by molar-refractivity contribution is -0.138. The minimum atomic E-state index is -1.03. The molecule has 2 aliphatic rings. The first-order valence-electron chi connectivity index (χ1n) is 18.2. The fourth-order valence-corrected chi connectivity index (χ4v) is 6.60. The van der Waals surface area contributed by atoms with E-state index >= 15 is 0 Å². The van der Waals surface area contributed by atoms with Gasteiger partial charge in [0.1, 0.15) is 36.5 Å². The quantitative estimate of drug-likeness (QED) is 0.0361. The largest absolute Gasteiger partial charge is 0.496 e. The normalized spacial score (nSPS) is 10.9. The molecule has 1 heterocycles. The highest BCUT2D eigenvalue weighted by atomic mass is 16.5. The van der Waals surface area contributed by atoms with Gasteiger partial charge in [-0.25, -0.2) is 4.58 Å². The van der Waals surface area contributed by atoms with Gasteiger partial charge in [-0.3, -0.25) is 24.0 Å². The Hall–Kier alpha value is -6.32. The lowest BCUT2D eigenvalue weighted by Crippen LogP contribution is -2.33. The van der Waals surface area contributed by atoms with Crippen LogP contribution in [-0.4, -0.2) is 118 Å². The second-order valence-electron chi connectivity index (χ2n) is 13.2. The third kappa shape index (κ3) is 10.9. The van der Waals surface area contributed by atoms with Crippen LogP contribution in [0.2, 0.25) is 0 Å². The van der Waals surface area contributed by atoms with Crippen LogP contribution in [0.3, 0.4) is 0 Å². The predicted octanol–water partition coefficient (Wildman–Crippen LogP) is 4.15. The maximum atomic E-state index is 11.5. The molecule has 2 aromatic carbocycles. The minimum Gasteiger partial charge on any atom is -0.496 e. The van der Waals surface area contributed by atoms with E-state index in [0.29, 0.717) is 70.6 Å². The lowest BCUT2D eigenvalue weighted by Gasteiger charge is -2.30. The Morgan fingerprint density at radius 2 is 1.45 bits per heavy atom. The SMILES string of the molecule is CCN(CCCC(=O)O)c1cc(OC)c(-c2c3ccc(=[N+](CCC(=O)O)CCC(=O)O)cc-3oc3cc(N(CCOC=O)CCC(=O)O)ccc23)cc1N(C)C. The summed E-state index contributed by atoms with van der Waals surface area (Å²) >= 11 is 0. The first kappa shape index (κ1) is 42.4. The highest BCUT2D eigenvalue weighted by Gasteiger charge is 2.25. The Balaban J connectivity index is 2.06. The molecular weight excluding hydrogens is 728 g/mol. The van der Waals surface area contributed by atoms with Crippen LogP contribution in [0.4, 0.5) is 17.1 Å². The summed E-state index contributed by atoms with van der Waals surface area (Å²) in [7, 11) is 5.40. The number of carbonyl (C=O) groups excluding carboxylic acids is 1. The molecule has 0 fully saturated rings. The third-order valence-corrected chi connectivity index (χ3v) is 9.34. The average Bonchev–Trinajstić information content (AvgIpc) is 3.15. The molecule has 0 bridgehead atoms. The monoisotopic (exact) mass is 777 g/mol. The molecule has 0 unspecified atom stereocenters. The molecule has 0 saturated heterocycles. The van der Waals surface area contributed by atoms with E-state index in [-0.39, 0.29) is 58.5 Å². The van der Waals surface area contributed by atoms with Crippen LogP contribution in [0.25, 0.3) is 33.4 Å². The summed E-state index contributed by atoms with van der Waals surface area (Å²) in [5, 5.41) is 38.8. The van der Waals surface area contributed by atoms with E-state index in [2.05, 4.69) is 4.90 Å². The third-order valence-electron chi connectivity index (χ3n) is 9.34. The van der Waals surface area contributed by atoms with E-state index in [1.165, 1.54) is 0 Å². The van der Waals surface area contributed by atoms with Gasteiger partial charge in [0, 0.05) is 86.1 Å². The Bertz CT molecular complexity index is 2070. The molecule has 0 atom stereocenters. The molecular formula is C40H49N4O12+. The van der Waals surface area contributed by atoms with Gasteiger partial charge < -0.3 is 49.0 Å². The summed E-state index contributed by atoms with van der Waals surface area (Å²) in [6.45, 7) is 3.92. The number of hydrogen-bond acceptors (Lipinski definition) is 11. The first-order valence-corrected chi connectivity index (χ1v) is 18.2. The van der Waals surface area contributed by atoms with Gasteiger partial charge in [-0.15, -0.1) is 0 Å². The van der Waals surface area contributed by atoms with E-state index in [1.807, 2.05) is 56.3 Å². The van der Waals surface area contributed by atoms with Crippen molar-refractivity contribution in [2.24, 2.45) is 0 Å². The molecule has 1 aliphatic heterocycles. The van der Waals surface area contributed by atoms with Crippen LogP contribution in [0.15, 0.2) is 52.9 Å². The van der Waals surface area contributed by atoms with Crippen LogP contribution < -0.4 is 29.4 Å². The molecule has 300 valence electrons. The van der Waals surface area contributed by atoms with Crippen molar-refractivity contribution in [2.45, 2.75) is 39.0 Å². The van der Waals surface area contributed by atoms with Crippen LogP contribution >= 0.6 is 0 Å². The van der Waals surface area contributed by atoms with E-state index in [4.69, 9.17) is 13.9 Å². The second kappa shape index (κ2) is 19.8. The van der Waals surface area contributed by atoms with Gasteiger partial charge in [0.25, 0.3) is 6.47 Å². The summed E-state index contributed by atoms with van der Waals surface area (Å²) < 4.78 is 19.3. The summed E-state index contributed by atoms with van der Waals surface area (Å²) in [6.07, 6.45) is -0.138. The summed E-state index contributed by atoms with van der Waals surface area (Å²) in [5.74, 6) is -2.99. The number of carbonyl (C=O) groups is 5. The van der Waals surface area contributed by atoms with E-state index in [9.17, 15) is 44.4 Å². The number of ether oxygens (including phenoxy) is 2. The van der Waals surface area contributed by atoms with Gasteiger partial charge in [-0.2, -0.15) is 0 Å². The topological polar surface area (TPSA) is 211 Å². The predicted molar refractivity (Wildman–Crippen MR) is 210 cm³/mol. The summed E-state index contributed by atoms with van der Waals surface area (Å²) in [5.41, 5.74) is 4.85. The molecule has 4 rings (SSSR count). The van der Waals surface area contributed by atoms with Gasteiger partial charge in [0.05, 0.1) is 37.5 Å². The van der Waals surface area contributed by atoms with Crippen molar-refractivity contribution in [1.29, 1.82) is 0 Å². The summed E-state index contributed by atoms with van der Waals surface area (Å²) in [4.78, 5) is 62.6. The van der Waals surface area contributed by atoms with Crippen LogP contribution in [0.1, 0.15) is 39.0 Å². The van der Waals surface area contributed by atoms with Gasteiger partial charge >= 0.3 is 23.9 Å². The zero-order chi connectivity index (χ0) is 40.9. The molecule has 16 nitrogen and oxygen atoms in total. The molecule has 4 N–H and O–H groups in total. The van der Waals surface area contributed by atoms with Crippen molar-refractivity contribution < 1.29 is 58.3 Å². The van der Waals surface area contributed by atoms with Crippen LogP contribution in [-0.2, 0) is 28.7 Å². The van der Waals surface area contributed by atoms with Gasteiger partial charge in [0.15, 0.2) is 13.1 Å². The minimum absolute atomic E-state index is 0.0229. The van der Waals surface area contributed by atoms with E-state index in [1.54, 1.807) is 34.8 Å². The van der Waals surface area contributed by atoms with Crippen molar-refractivity contribution in [2.75, 3.05) is 81.8 Å². The van der Waals surface area contributed by atoms with Crippen molar-refractivity contribution in [1.82, 2.24) is 4.58 Å². The molecule has 0 spiro atoms. The first-order chi connectivity index (χ1) is 26.8. The van der Waals surface area contributed by atoms with Gasteiger partial charge in [0.2, 0.25) is 5.36 Å². The highest BCUT2D eigenvalue weighted by Crippen LogP contribution is 2.47. The zero-order valence-electron chi connectivity index (χ0n) is 32.0. The number of carboxylic acid groups (broad SMARTS) is 4. The zero-order valence-corrected chi connectivity index (χ0v) is 32.0. The van der Waals surface area contributed by atoms with Crippen LogP contribution in [0.5, 0.6) is 5.75 Å². The number of methoxy groups -OCH3 is 1. The van der Waals surface area contributed by atoms with Crippen molar-refractivity contribution >= 4 is 58.4 Å². The smallest absolute Gasteiger partial charge is 0.309 e. The number of fused-ring (bicyclic) bond motifs is 2. The van der Waals surface area contributed by atoms with Gasteiger partial charge in [-0.1, -0.05) is 0 Å². The molecule has 16 heteroatoms. The number of benzene rings is 3. The molecule has 0 saturated carbocycles. The summed E-state index contributed by atoms with van der Waals surface area (Å²) in [6, 6.07) is 14.8. The Labute approximate surface area is 323 Å². The molecule has 0 aromatic heterocycles. The number of carboxylic acids is 4. The van der Waals surface area contributed by atoms with Gasteiger partial charge in [-0.05, 0) is 37.6 Å². The average molecular weight is 778 g/mol. The Morgan fingerprint density at radius 1 is 0.768 bits per heavy atom. The number of rotatable bonds is 23. The van der Waals surface area contributed by atoms with Crippen LogP contribution in [0, 0.1) is 0 Å². The molecule has 0 radical (unpaired) electrons. The molecule has 0 amide bonds. The second-order valence-corrected chi connectivity index (χ2v) is 13.2. The van der Waals surface area contributed by atoms with E-state index in [0.717, 1.165) is 16.9 Å². The highest BCUT2D eigenvalue weighted by molar-refractivity contribution is 6.05. The molecule has 1 aliphatic carbocycles. The number of aliphatic carboxylic acids is 4. The number of nitrogens with zero attached hydrogens (tertiary/aromatic N) is 4. The van der Waals surface area contributed by atoms with Crippen molar-refractivity contribution in [3.63, 3.8) is 0 Å².